The highest BCUT2D eigenvalue weighted by molar-refractivity contribution is 7.88. The third kappa shape index (κ3) is 3.73. The Morgan fingerprint density at radius 3 is 2.55 bits per heavy atom. The van der Waals surface area contributed by atoms with Crippen molar-refractivity contribution in [2.45, 2.75) is 26.7 Å². The maximum atomic E-state index is 11.6. The van der Waals surface area contributed by atoms with E-state index < -0.39 is 10.0 Å². The van der Waals surface area contributed by atoms with Gasteiger partial charge in [0, 0.05) is 25.3 Å². The highest BCUT2D eigenvalue weighted by Crippen LogP contribution is 2.23. The standard InChI is InChI=1S/C15H24N2O2S/c1-12-6-4-7-13(2)15(12)16-10-14-8-5-9-17(11-14)20(3,18)19/h4,6-7,14,16H,5,8-11H2,1-3H3. The van der Waals surface area contributed by atoms with Gasteiger partial charge in [-0.2, -0.15) is 0 Å². The maximum absolute atomic E-state index is 11.6. The predicted molar refractivity (Wildman–Crippen MR) is 83.5 cm³/mol. The van der Waals surface area contributed by atoms with Gasteiger partial charge in [-0.1, -0.05) is 18.2 Å². The van der Waals surface area contributed by atoms with Crippen LogP contribution in [0.25, 0.3) is 0 Å². The summed E-state index contributed by atoms with van der Waals surface area (Å²) in [6.07, 6.45) is 3.34. The third-order valence-corrected chi connectivity index (χ3v) is 5.27. The number of hydrogen-bond donors (Lipinski definition) is 1. The van der Waals surface area contributed by atoms with Crippen LogP contribution in [0.2, 0.25) is 0 Å². The first-order chi connectivity index (χ1) is 9.38. The van der Waals surface area contributed by atoms with Crippen molar-refractivity contribution in [3.63, 3.8) is 0 Å². The molecule has 4 nitrogen and oxygen atoms in total. The van der Waals surface area contributed by atoms with Crippen molar-refractivity contribution in [1.29, 1.82) is 0 Å². The minimum atomic E-state index is -3.05. The summed E-state index contributed by atoms with van der Waals surface area (Å²) in [5.41, 5.74) is 3.66. The van der Waals surface area contributed by atoms with Gasteiger partial charge in [0.1, 0.15) is 0 Å². The molecule has 0 radical (unpaired) electrons. The topological polar surface area (TPSA) is 49.4 Å². The summed E-state index contributed by atoms with van der Waals surface area (Å²) in [5, 5.41) is 3.50. The van der Waals surface area contributed by atoms with Crippen molar-refractivity contribution < 1.29 is 8.42 Å². The molecule has 1 fully saturated rings. The van der Waals surface area contributed by atoms with E-state index in [9.17, 15) is 8.42 Å². The number of hydrogen-bond acceptors (Lipinski definition) is 3. The Balaban J connectivity index is 1.97. The summed E-state index contributed by atoms with van der Waals surface area (Å²) >= 11 is 0. The van der Waals surface area contributed by atoms with Gasteiger partial charge in [0.25, 0.3) is 0 Å². The summed E-state index contributed by atoms with van der Waals surface area (Å²) in [6, 6.07) is 6.25. The number of rotatable bonds is 4. The summed E-state index contributed by atoms with van der Waals surface area (Å²) < 4.78 is 24.8. The van der Waals surface area contributed by atoms with Gasteiger partial charge in [-0.25, -0.2) is 12.7 Å². The van der Waals surface area contributed by atoms with Gasteiger partial charge in [0.2, 0.25) is 10.0 Å². The monoisotopic (exact) mass is 296 g/mol. The zero-order valence-electron chi connectivity index (χ0n) is 12.5. The molecule has 0 saturated carbocycles. The largest absolute Gasteiger partial charge is 0.384 e. The Hall–Kier alpha value is -1.07. The van der Waals surface area contributed by atoms with Crippen molar-refractivity contribution in [2.24, 2.45) is 5.92 Å². The molecule has 0 amide bonds. The van der Waals surface area contributed by atoms with Gasteiger partial charge in [-0.15, -0.1) is 0 Å². The van der Waals surface area contributed by atoms with Crippen molar-refractivity contribution in [3.05, 3.63) is 29.3 Å². The summed E-state index contributed by atoms with van der Waals surface area (Å²) in [5.74, 6) is 0.387. The molecular formula is C15H24N2O2S. The second kappa shape index (κ2) is 6.14. The normalized spacial score (nSPS) is 20.9. The van der Waals surface area contributed by atoms with Gasteiger partial charge in [0.15, 0.2) is 0 Å². The molecule has 0 aliphatic carbocycles. The number of benzene rings is 1. The second-order valence-electron chi connectivity index (χ2n) is 5.78. The number of sulfonamides is 1. The molecule has 1 saturated heterocycles. The molecule has 1 unspecified atom stereocenters. The van der Waals surface area contributed by atoms with E-state index in [2.05, 4.69) is 37.4 Å². The van der Waals surface area contributed by atoms with E-state index in [0.717, 1.165) is 19.4 Å². The summed E-state index contributed by atoms with van der Waals surface area (Å²) in [4.78, 5) is 0. The maximum Gasteiger partial charge on any atom is 0.211 e. The minimum absolute atomic E-state index is 0.387. The van der Waals surface area contributed by atoms with Gasteiger partial charge in [-0.3, -0.25) is 0 Å². The van der Waals surface area contributed by atoms with Crippen LogP contribution in [0.4, 0.5) is 5.69 Å². The van der Waals surface area contributed by atoms with Crippen LogP contribution in [0.3, 0.4) is 0 Å². The average molecular weight is 296 g/mol. The Morgan fingerprint density at radius 1 is 1.30 bits per heavy atom. The molecule has 112 valence electrons. The lowest BCUT2D eigenvalue weighted by molar-refractivity contribution is 0.276. The molecule has 0 aromatic heterocycles. The molecule has 1 aliphatic heterocycles. The zero-order valence-corrected chi connectivity index (χ0v) is 13.3. The van der Waals surface area contributed by atoms with Gasteiger partial charge in [-0.05, 0) is 43.7 Å². The first-order valence-electron chi connectivity index (χ1n) is 7.13. The molecule has 0 bridgehead atoms. The molecule has 20 heavy (non-hydrogen) atoms. The summed E-state index contributed by atoms with van der Waals surface area (Å²) in [6.45, 7) is 6.32. The van der Waals surface area contributed by atoms with Crippen LogP contribution in [0.15, 0.2) is 18.2 Å². The molecule has 1 heterocycles. The van der Waals surface area contributed by atoms with E-state index in [1.54, 1.807) is 4.31 Å². The fourth-order valence-corrected chi connectivity index (χ4v) is 3.78. The van der Waals surface area contributed by atoms with Crippen molar-refractivity contribution in [2.75, 3.05) is 31.2 Å². The third-order valence-electron chi connectivity index (χ3n) is 4.00. The minimum Gasteiger partial charge on any atom is -0.384 e. The highest BCUT2D eigenvalue weighted by atomic mass is 32.2. The Kier molecular flexibility index (Phi) is 4.70. The quantitative estimate of drug-likeness (QED) is 0.928. The van der Waals surface area contributed by atoms with Crippen LogP contribution in [0, 0.1) is 19.8 Å². The molecule has 5 heteroatoms. The molecule has 2 rings (SSSR count). The molecule has 1 N–H and O–H groups in total. The number of nitrogens with zero attached hydrogens (tertiary/aromatic N) is 1. The highest BCUT2D eigenvalue weighted by Gasteiger charge is 2.25. The van der Waals surface area contributed by atoms with E-state index >= 15 is 0 Å². The fraction of sp³-hybridized carbons (Fsp3) is 0.600. The fourth-order valence-electron chi connectivity index (χ4n) is 2.83. The SMILES string of the molecule is Cc1cccc(C)c1NCC1CCCN(S(C)(=O)=O)C1. The Labute approximate surface area is 122 Å². The zero-order chi connectivity index (χ0) is 14.8. The molecule has 0 spiro atoms. The van der Waals surface area contributed by atoms with Crippen LogP contribution in [0.5, 0.6) is 0 Å². The molecule has 1 aromatic rings. The molecule has 1 atom stereocenters. The Bertz CT molecular complexity index is 549. The van der Waals surface area contributed by atoms with Crippen LogP contribution in [0.1, 0.15) is 24.0 Å². The van der Waals surface area contributed by atoms with E-state index in [0.29, 0.717) is 19.0 Å². The van der Waals surface area contributed by atoms with Crippen molar-refractivity contribution >= 4 is 15.7 Å². The lowest BCUT2D eigenvalue weighted by atomic mass is 9.99. The van der Waals surface area contributed by atoms with E-state index in [4.69, 9.17) is 0 Å². The van der Waals surface area contributed by atoms with E-state index in [1.165, 1.54) is 23.1 Å². The van der Waals surface area contributed by atoms with E-state index in [1.807, 2.05) is 0 Å². The number of aryl methyl sites for hydroxylation is 2. The van der Waals surface area contributed by atoms with E-state index in [-0.39, 0.29) is 0 Å². The van der Waals surface area contributed by atoms with Crippen molar-refractivity contribution in [1.82, 2.24) is 4.31 Å². The average Bonchev–Trinajstić information content (AvgIpc) is 2.37. The van der Waals surface area contributed by atoms with Crippen LogP contribution < -0.4 is 5.32 Å². The van der Waals surface area contributed by atoms with Gasteiger partial charge in [0.05, 0.1) is 6.26 Å². The predicted octanol–water partition coefficient (Wildman–Crippen LogP) is 2.39. The van der Waals surface area contributed by atoms with Gasteiger partial charge >= 0.3 is 0 Å². The van der Waals surface area contributed by atoms with Crippen molar-refractivity contribution in [3.8, 4) is 0 Å². The molecular weight excluding hydrogens is 272 g/mol. The van der Waals surface area contributed by atoms with Gasteiger partial charge < -0.3 is 5.32 Å². The number of anilines is 1. The smallest absolute Gasteiger partial charge is 0.211 e. The van der Waals surface area contributed by atoms with Crippen LogP contribution in [-0.2, 0) is 10.0 Å². The first-order valence-corrected chi connectivity index (χ1v) is 8.98. The number of nitrogens with one attached hydrogen (secondary N) is 1. The van der Waals surface area contributed by atoms with Crippen LogP contribution in [-0.4, -0.2) is 38.6 Å². The molecule has 1 aromatic carbocycles. The second-order valence-corrected chi connectivity index (χ2v) is 7.76. The lowest BCUT2D eigenvalue weighted by Crippen LogP contribution is -2.41. The Morgan fingerprint density at radius 2 is 1.95 bits per heavy atom. The first kappa shape index (κ1) is 15.3. The summed E-state index contributed by atoms with van der Waals surface area (Å²) in [7, 11) is -3.05. The molecule has 1 aliphatic rings. The number of piperidine rings is 1. The number of para-hydroxylation sites is 1. The van der Waals surface area contributed by atoms with Crippen LogP contribution >= 0.6 is 0 Å². The lowest BCUT2D eigenvalue weighted by Gasteiger charge is -2.31.